The van der Waals surface area contributed by atoms with E-state index in [0.717, 1.165) is 57.1 Å². The van der Waals surface area contributed by atoms with Crippen LogP contribution in [-0.4, -0.2) is 19.5 Å². The van der Waals surface area contributed by atoms with Crippen molar-refractivity contribution in [1.82, 2.24) is 19.5 Å². The number of hydrogen-bond acceptors (Lipinski definition) is 5. The average Bonchev–Trinajstić information content (AvgIpc) is 3.95. The number of hydrogen-bond donors (Lipinski definition) is 0. The van der Waals surface area contributed by atoms with E-state index in [1.54, 1.807) is 22.7 Å². The van der Waals surface area contributed by atoms with Gasteiger partial charge in [-0.05, 0) is 36.4 Å². The summed E-state index contributed by atoms with van der Waals surface area (Å²) < 4.78 is 91.0. The summed E-state index contributed by atoms with van der Waals surface area (Å²) in [6.07, 6.45) is 0. The van der Waals surface area contributed by atoms with Crippen LogP contribution in [0.2, 0.25) is 0 Å². The molecule has 0 aliphatic heterocycles. The van der Waals surface area contributed by atoms with E-state index >= 15 is 0 Å². The molecule has 11 aromatic rings. The fourth-order valence-electron chi connectivity index (χ4n) is 7.06. The van der Waals surface area contributed by atoms with Crippen LogP contribution in [0.25, 0.3) is 102 Å². The molecular weight excluding hydrogens is 661 g/mol. The van der Waals surface area contributed by atoms with Crippen molar-refractivity contribution in [2.24, 2.45) is 0 Å². The molecule has 7 aromatic carbocycles. The minimum absolute atomic E-state index is 0.0398. The van der Waals surface area contributed by atoms with Crippen LogP contribution in [-0.2, 0) is 0 Å². The molecule has 0 radical (unpaired) electrons. The van der Waals surface area contributed by atoms with Gasteiger partial charge in [0.1, 0.15) is 0 Å². The number of rotatable bonds is 4. The molecule has 0 atom stereocenters. The summed E-state index contributed by atoms with van der Waals surface area (Å²) in [6.45, 7) is 0. The summed E-state index contributed by atoms with van der Waals surface area (Å²) in [5.74, 6) is -0.558. The molecule has 4 heterocycles. The van der Waals surface area contributed by atoms with Gasteiger partial charge in [-0.3, -0.25) is 0 Å². The third-order valence-corrected chi connectivity index (χ3v) is 11.6. The van der Waals surface area contributed by atoms with Gasteiger partial charge in [0.15, 0.2) is 17.5 Å². The van der Waals surface area contributed by atoms with Crippen LogP contribution in [0.5, 0.6) is 0 Å². The van der Waals surface area contributed by atoms with Gasteiger partial charge in [0.25, 0.3) is 0 Å². The zero-order chi connectivity index (χ0) is 42.2. The molecule has 6 heteroatoms. The molecule has 238 valence electrons. The van der Waals surface area contributed by atoms with Crippen LogP contribution in [0.1, 0.15) is 13.7 Å². The predicted octanol–water partition coefficient (Wildman–Crippen LogP) is 12.7. The molecule has 51 heavy (non-hydrogen) atoms. The topological polar surface area (TPSA) is 43.6 Å². The second-order valence-electron chi connectivity index (χ2n) is 12.1. The van der Waals surface area contributed by atoms with E-state index in [9.17, 15) is 0 Å². The van der Waals surface area contributed by atoms with E-state index in [4.69, 9.17) is 23.7 Å². The van der Waals surface area contributed by atoms with E-state index < -0.39 is 60.4 Å². The largest absolute Gasteiger partial charge is 0.309 e. The van der Waals surface area contributed by atoms with Gasteiger partial charge < -0.3 is 4.57 Å². The lowest BCUT2D eigenvalue weighted by atomic mass is 10.1. The van der Waals surface area contributed by atoms with Gasteiger partial charge in [0, 0.05) is 73.5 Å². The highest BCUT2D eigenvalue weighted by molar-refractivity contribution is 7.30. The number of aromatic nitrogens is 4. The standard InChI is InChI=1S/C45H26N4S2/c1-3-12-27(13-4-1)43-46-44(28-14-5-2-6-15-28)48-45(47-43)35-19-11-18-32-33-24-25-38-40(42(33)51-41(32)35)34-23-22-29(26-39(34)50-38)49-36-20-9-7-16-30(36)31-17-8-10-21-37(31)49/h1-26H/i1D,2D,3D,4D,5D,6D,12D,13D,14D,15D. The van der Waals surface area contributed by atoms with E-state index in [1.807, 2.05) is 18.2 Å². The molecule has 0 saturated carbocycles. The first kappa shape index (κ1) is 20.5. The summed E-state index contributed by atoms with van der Waals surface area (Å²) in [5, 5.41) is 6.51. The second-order valence-corrected chi connectivity index (χ2v) is 14.2. The maximum atomic E-state index is 8.73. The van der Waals surface area contributed by atoms with Gasteiger partial charge in [-0.15, -0.1) is 22.7 Å². The Morgan fingerprint density at radius 1 is 0.471 bits per heavy atom. The maximum absolute atomic E-state index is 8.73. The van der Waals surface area contributed by atoms with Gasteiger partial charge in [0.05, 0.1) is 24.7 Å². The number of thiophene rings is 2. The Morgan fingerprint density at radius 3 is 1.75 bits per heavy atom. The first-order valence-corrected chi connectivity index (χ1v) is 17.8. The number of benzene rings is 7. The van der Waals surface area contributed by atoms with E-state index in [-0.39, 0.29) is 28.6 Å². The highest BCUT2D eigenvalue weighted by atomic mass is 32.1. The Morgan fingerprint density at radius 2 is 1.06 bits per heavy atom. The summed E-state index contributed by atoms with van der Waals surface area (Å²) in [4.78, 5) is 13.9. The highest BCUT2D eigenvalue weighted by Crippen LogP contribution is 2.47. The third-order valence-electron chi connectivity index (χ3n) is 9.25. The van der Waals surface area contributed by atoms with E-state index in [2.05, 4.69) is 88.4 Å². The molecule has 11 rings (SSSR count). The van der Waals surface area contributed by atoms with Crippen LogP contribution >= 0.6 is 22.7 Å². The Kier molecular flexibility index (Phi) is 4.47. The number of nitrogens with zero attached hydrogens (tertiary/aromatic N) is 4. The zero-order valence-electron chi connectivity index (χ0n) is 36.3. The molecule has 0 fully saturated rings. The molecule has 0 unspecified atom stereocenters. The molecule has 0 aliphatic rings. The van der Waals surface area contributed by atoms with Crippen molar-refractivity contribution in [2.75, 3.05) is 0 Å². The maximum Gasteiger partial charge on any atom is 0.165 e. The van der Waals surface area contributed by atoms with Crippen molar-refractivity contribution in [1.29, 1.82) is 0 Å². The van der Waals surface area contributed by atoms with Crippen LogP contribution < -0.4 is 0 Å². The second kappa shape index (κ2) is 11.2. The number of fused-ring (bicyclic) bond motifs is 10. The Labute approximate surface area is 314 Å². The van der Waals surface area contributed by atoms with Gasteiger partial charge in [0.2, 0.25) is 0 Å². The molecule has 0 aliphatic carbocycles. The van der Waals surface area contributed by atoms with Crippen molar-refractivity contribution in [3.05, 3.63) is 157 Å². The summed E-state index contributed by atoms with van der Waals surface area (Å²) >= 11 is 3.27. The van der Waals surface area contributed by atoms with Crippen LogP contribution in [0.4, 0.5) is 0 Å². The van der Waals surface area contributed by atoms with Crippen molar-refractivity contribution in [3.63, 3.8) is 0 Å². The molecule has 0 bridgehead atoms. The highest BCUT2D eigenvalue weighted by Gasteiger charge is 2.20. The molecule has 0 spiro atoms. The Balaban J connectivity index is 1.15. The third kappa shape index (κ3) is 4.40. The van der Waals surface area contributed by atoms with Crippen LogP contribution in [0, 0.1) is 0 Å². The average molecular weight is 697 g/mol. The smallest absolute Gasteiger partial charge is 0.165 e. The molecule has 0 N–H and O–H groups in total. The van der Waals surface area contributed by atoms with E-state index in [0.29, 0.717) is 5.56 Å². The predicted molar refractivity (Wildman–Crippen MR) is 216 cm³/mol. The quantitative estimate of drug-likeness (QED) is 0.184. The summed E-state index contributed by atoms with van der Waals surface area (Å²) in [7, 11) is 0. The van der Waals surface area contributed by atoms with Gasteiger partial charge in [-0.25, -0.2) is 15.0 Å². The molecular formula is C45H26N4S2. The van der Waals surface area contributed by atoms with Gasteiger partial charge >= 0.3 is 0 Å². The fourth-order valence-corrected chi connectivity index (χ4v) is 9.65. The summed E-state index contributed by atoms with van der Waals surface area (Å²) in [5.41, 5.74) is 3.24. The first-order valence-electron chi connectivity index (χ1n) is 21.1. The first-order chi connectivity index (χ1) is 29.4. The Hall–Kier alpha value is -6.21. The van der Waals surface area contributed by atoms with Crippen LogP contribution in [0.3, 0.4) is 0 Å². The fraction of sp³-hybridized carbons (Fsp3) is 0. The lowest BCUT2D eigenvalue weighted by molar-refractivity contribution is 1.08. The van der Waals surface area contributed by atoms with Crippen LogP contribution in [0.15, 0.2) is 157 Å². The minimum atomic E-state index is -0.594. The lowest BCUT2D eigenvalue weighted by Gasteiger charge is -2.09. The molecule has 0 amide bonds. The monoisotopic (exact) mass is 696 g/mol. The Bertz CT molecular complexity index is 3550. The molecule has 0 saturated heterocycles. The van der Waals surface area contributed by atoms with Gasteiger partial charge in [-0.1, -0.05) is 121 Å². The number of para-hydroxylation sites is 2. The van der Waals surface area contributed by atoms with Crippen molar-refractivity contribution < 1.29 is 13.7 Å². The normalized spacial score (nSPS) is 14.7. The minimum Gasteiger partial charge on any atom is -0.309 e. The van der Waals surface area contributed by atoms with Crippen molar-refractivity contribution in [2.45, 2.75) is 0 Å². The zero-order valence-corrected chi connectivity index (χ0v) is 28.0. The van der Waals surface area contributed by atoms with E-state index in [1.165, 1.54) is 10.8 Å². The SMILES string of the molecule is [2H]c1c([2H])c([2H])c(-c2nc(-c3c([2H])c([2H])c([2H])c([2H])c3[2H])nc(-c3cccc4c3sc3c4ccc4sc5cc(-n6c7ccccc7c7ccccc76)ccc5c43)n2)c([2H])c1[2H]. The summed E-state index contributed by atoms with van der Waals surface area (Å²) in [6, 6.07) is 27.6. The van der Waals surface area contributed by atoms with Crippen molar-refractivity contribution >= 4 is 84.8 Å². The molecule has 4 nitrogen and oxygen atoms in total. The molecule has 4 aromatic heterocycles. The van der Waals surface area contributed by atoms with Crippen molar-refractivity contribution in [3.8, 4) is 39.9 Å². The lowest BCUT2D eigenvalue weighted by Crippen LogP contribution is -2.00. The van der Waals surface area contributed by atoms with Gasteiger partial charge in [-0.2, -0.15) is 0 Å².